The Labute approximate surface area is 186 Å². The number of carbonyl (C=O) groups excluding carboxylic acids is 2. The van der Waals surface area contributed by atoms with Gasteiger partial charge in [0.2, 0.25) is 11.6 Å². The standard InChI is InChI=1S/C23H15N3O7/c27-21-17-6-1-2-7-18(17)22(28)23(29)19(21)20(13-8-10-15(11-9-13)25(30)31)24-14-4-3-5-16(12-14)26(32)33/h1-12,20,24,27H. The van der Waals surface area contributed by atoms with Gasteiger partial charge in [-0.1, -0.05) is 30.3 Å². The van der Waals surface area contributed by atoms with Gasteiger partial charge in [-0.25, -0.2) is 0 Å². The molecule has 0 saturated carbocycles. The highest BCUT2D eigenvalue weighted by molar-refractivity contribution is 6.52. The molecule has 33 heavy (non-hydrogen) atoms. The maximum Gasteiger partial charge on any atom is 0.271 e. The third-order valence-electron chi connectivity index (χ3n) is 5.23. The lowest BCUT2D eigenvalue weighted by Crippen LogP contribution is -2.30. The lowest BCUT2D eigenvalue weighted by atomic mass is 9.83. The van der Waals surface area contributed by atoms with E-state index in [2.05, 4.69) is 5.32 Å². The fraction of sp³-hybridized carbons (Fsp3) is 0.0435. The molecule has 0 bridgehead atoms. The molecule has 0 amide bonds. The molecule has 0 aromatic heterocycles. The number of nitrogens with one attached hydrogen (secondary N) is 1. The van der Waals surface area contributed by atoms with Crippen LogP contribution < -0.4 is 5.32 Å². The molecular weight excluding hydrogens is 430 g/mol. The van der Waals surface area contributed by atoms with Crippen LogP contribution in [-0.2, 0) is 4.79 Å². The third kappa shape index (κ3) is 3.92. The second-order valence-corrected chi connectivity index (χ2v) is 7.20. The Balaban J connectivity index is 1.88. The molecule has 0 spiro atoms. The molecule has 0 aliphatic heterocycles. The van der Waals surface area contributed by atoms with Crippen LogP contribution >= 0.6 is 0 Å². The van der Waals surface area contributed by atoms with Gasteiger partial charge in [-0.3, -0.25) is 29.8 Å². The van der Waals surface area contributed by atoms with Gasteiger partial charge in [0.15, 0.2) is 0 Å². The molecule has 3 aromatic carbocycles. The number of nitro groups is 2. The highest BCUT2D eigenvalue weighted by Gasteiger charge is 2.37. The van der Waals surface area contributed by atoms with E-state index >= 15 is 0 Å². The predicted molar refractivity (Wildman–Crippen MR) is 118 cm³/mol. The van der Waals surface area contributed by atoms with E-state index in [1.54, 1.807) is 12.1 Å². The smallest absolute Gasteiger partial charge is 0.271 e. The van der Waals surface area contributed by atoms with Crippen molar-refractivity contribution in [1.29, 1.82) is 0 Å². The molecule has 2 N–H and O–H groups in total. The first-order valence-electron chi connectivity index (χ1n) is 9.65. The number of nitro benzene ring substituents is 2. The first-order chi connectivity index (χ1) is 15.8. The van der Waals surface area contributed by atoms with Crippen LogP contribution in [0.4, 0.5) is 17.1 Å². The summed E-state index contributed by atoms with van der Waals surface area (Å²) in [5, 5.41) is 36.1. The van der Waals surface area contributed by atoms with Gasteiger partial charge in [0.25, 0.3) is 11.4 Å². The van der Waals surface area contributed by atoms with E-state index < -0.39 is 33.2 Å². The average Bonchev–Trinajstić information content (AvgIpc) is 2.82. The van der Waals surface area contributed by atoms with Crippen LogP contribution in [0.5, 0.6) is 0 Å². The number of ketones is 2. The third-order valence-corrected chi connectivity index (χ3v) is 5.23. The molecule has 0 radical (unpaired) electrons. The monoisotopic (exact) mass is 445 g/mol. The van der Waals surface area contributed by atoms with Gasteiger partial charge in [-0.05, 0) is 23.8 Å². The number of hydrogen-bond donors (Lipinski definition) is 2. The van der Waals surface area contributed by atoms with Crippen LogP contribution in [0.15, 0.2) is 78.4 Å². The number of aliphatic hydroxyl groups is 1. The van der Waals surface area contributed by atoms with Crippen LogP contribution in [0.2, 0.25) is 0 Å². The Kier molecular flexibility index (Phi) is 5.41. The van der Waals surface area contributed by atoms with Crippen molar-refractivity contribution in [3.05, 3.63) is 115 Å². The molecule has 1 aliphatic carbocycles. The maximum atomic E-state index is 13.0. The fourth-order valence-corrected chi connectivity index (χ4v) is 3.64. The van der Waals surface area contributed by atoms with Crippen molar-refractivity contribution < 1.29 is 24.5 Å². The number of aliphatic hydroxyl groups excluding tert-OH is 1. The summed E-state index contributed by atoms with van der Waals surface area (Å²) in [7, 11) is 0. The largest absolute Gasteiger partial charge is 0.507 e. The average molecular weight is 445 g/mol. The summed E-state index contributed by atoms with van der Waals surface area (Å²) in [6.07, 6.45) is 0. The number of fused-ring (bicyclic) bond motifs is 1. The van der Waals surface area contributed by atoms with Crippen LogP contribution in [-0.4, -0.2) is 26.5 Å². The van der Waals surface area contributed by atoms with Gasteiger partial charge in [-0.2, -0.15) is 0 Å². The molecule has 3 aromatic rings. The van der Waals surface area contributed by atoms with Gasteiger partial charge in [0.05, 0.1) is 21.5 Å². The second kappa shape index (κ2) is 8.35. The quantitative estimate of drug-likeness (QED) is 0.322. The maximum absolute atomic E-state index is 13.0. The minimum absolute atomic E-state index is 0.0570. The Bertz CT molecular complexity index is 1350. The lowest BCUT2D eigenvalue weighted by molar-refractivity contribution is -0.385. The molecule has 0 saturated heterocycles. The number of anilines is 1. The molecule has 0 heterocycles. The minimum atomic E-state index is -1.13. The number of hydrogen-bond acceptors (Lipinski definition) is 8. The Morgan fingerprint density at radius 1 is 0.758 bits per heavy atom. The molecular formula is C23H15N3O7. The number of rotatable bonds is 6. The van der Waals surface area contributed by atoms with Crippen molar-refractivity contribution >= 4 is 34.4 Å². The molecule has 164 valence electrons. The number of non-ortho nitro benzene ring substituents is 2. The molecule has 10 heteroatoms. The van der Waals surface area contributed by atoms with E-state index in [9.17, 15) is 34.9 Å². The zero-order valence-electron chi connectivity index (χ0n) is 16.8. The van der Waals surface area contributed by atoms with Crippen LogP contribution in [0.3, 0.4) is 0 Å². The van der Waals surface area contributed by atoms with Crippen molar-refractivity contribution in [2.45, 2.75) is 6.04 Å². The zero-order chi connectivity index (χ0) is 23.7. The molecule has 1 aliphatic rings. The lowest BCUT2D eigenvalue weighted by Gasteiger charge is -2.26. The first kappa shape index (κ1) is 21.4. The SMILES string of the molecule is O=C1C(=O)c2ccccc2C(O)=C1C(Nc1cccc([N+](=O)[O-])c1)c1ccc([N+](=O)[O-])cc1. The van der Waals surface area contributed by atoms with Gasteiger partial charge in [0, 0.05) is 41.1 Å². The van der Waals surface area contributed by atoms with E-state index in [4.69, 9.17) is 0 Å². The van der Waals surface area contributed by atoms with Crippen LogP contribution in [0, 0.1) is 20.2 Å². The van der Waals surface area contributed by atoms with Crippen molar-refractivity contribution in [3.8, 4) is 0 Å². The molecule has 1 unspecified atom stereocenters. The normalized spacial score (nSPS) is 13.9. The number of nitrogens with zero attached hydrogens (tertiary/aromatic N) is 2. The highest BCUT2D eigenvalue weighted by atomic mass is 16.6. The summed E-state index contributed by atoms with van der Waals surface area (Å²) in [6.45, 7) is 0. The van der Waals surface area contributed by atoms with E-state index in [0.717, 1.165) is 0 Å². The Morgan fingerprint density at radius 3 is 2.03 bits per heavy atom. The van der Waals surface area contributed by atoms with Crippen molar-refractivity contribution in [3.63, 3.8) is 0 Å². The van der Waals surface area contributed by atoms with Crippen LogP contribution in [0.1, 0.15) is 27.5 Å². The summed E-state index contributed by atoms with van der Waals surface area (Å²) in [6, 6.07) is 15.6. The molecule has 1 atom stereocenters. The van der Waals surface area contributed by atoms with E-state index in [1.165, 1.54) is 60.7 Å². The van der Waals surface area contributed by atoms with Gasteiger partial charge in [0.1, 0.15) is 5.76 Å². The Morgan fingerprint density at radius 2 is 1.39 bits per heavy atom. The minimum Gasteiger partial charge on any atom is -0.507 e. The fourth-order valence-electron chi connectivity index (χ4n) is 3.64. The second-order valence-electron chi connectivity index (χ2n) is 7.20. The summed E-state index contributed by atoms with van der Waals surface area (Å²) in [5.41, 5.74) is 0.131. The highest BCUT2D eigenvalue weighted by Crippen LogP contribution is 2.37. The molecule has 0 fully saturated rings. The first-order valence-corrected chi connectivity index (χ1v) is 9.65. The van der Waals surface area contributed by atoms with Crippen molar-refractivity contribution in [1.82, 2.24) is 0 Å². The van der Waals surface area contributed by atoms with Gasteiger partial charge >= 0.3 is 0 Å². The van der Waals surface area contributed by atoms with Crippen molar-refractivity contribution in [2.24, 2.45) is 0 Å². The van der Waals surface area contributed by atoms with E-state index in [1.807, 2.05) is 0 Å². The van der Waals surface area contributed by atoms with Crippen LogP contribution in [0.25, 0.3) is 5.76 Å². The number of benzene rings is 3. The summed E-state index contributed by atoms with van der Waals surface area (Å²) in [4.78, 5) is 46.8. The Hall–Kier alpha value is -4.86. The predicted octanol–water partition coefficient (Wildman–Crippen LogP) is 4.39. The number of Topliss-reactive ketones (excluding diaryl/α,β-unsaturated/α-hetero) is 2. The zero-order valence-corrected chi connectivity index (χ0v) is 16.8. The summed E-state index contributed by atoms with van der Waals surface area (Å²) in [5.74, 6) is -2.19. The van der Waals surface area contributed by atoms with Gasteiger partial charge < -0.3 is 10.4 Å². The molecule has 4 rings (SSSR count). The summed E-state index contributed by atoms with van der Waals surface area (Å²) >= 11 is 0. The topological polar surface area (TPSA) is 153 Å². The van der Waals surface area contributed by atoms with E-state index in [0.29, 0.717) is 5.56 Å². The van der Waals surface area contributed by atoms with E-state index in [-0.39, 0.29) is 33.8 Å². The molecule has 10 nitrogen and oxygen atoms in total. The van der Waals surface area contributed by atoms with Gasteiger partial charge in [-0.15, -0.1) is 0 Å². The van der Waals surface area contributed by atoms with Crippen molar-refractivity contribution in [2.75, 3.05) is 5.32 Å². The number of carbonyl (C=O) groups is 2. The summed E-state index contributed by atoms with van der Waals surface area (Å²) < 4.78 is 0.